The number of hydrogen-bond acceptors (Lipinski definition) is 2. The SMILES string of the molecule is Cc1ccc(S(=O)(=O)N(F)CCCCCCc2ccccc2)cc1. The zero-order valence-electron chi connectivity index (χ0n) is 14.0. The van der Waals surface area contributed by atoms with Gasteiger partial charge in [0.25, 0.3) is 10.0 Å². The molecule has 0 unspecified atom stereocenters. The van der Waals surface area contributed by atoms with E-state index in [2.05, 4.69) is 12.1 Å². The molecule has 2 rings (SSSR count). The second-order valence-electron chi connectivity index (χ2n) is 5.98. The lowest BCUT2D eigenvalue weighted by atomic mass is 10.1. The van der Waals surface area contributed by atoms with E-state index in [9.17, 15) is 12.9 Å². The van der Waals surface area contributed by atoms with E-state index < -0.39 is 10.0 Å². The van der Waals surface area contributed by atoms with Crippen molar-refractivity contribution in [3.05, 3.63) is 65.7 Å². The average molecular weight is 349 g/mol. The maximum absolute atomic E-state index is 14.0. The minimum absolute atomic E-state index is 0.000299. The lowest BCUT2D eigenvalue weighted by Gasteiger charge is -2.12. The molecule has 0 aliphatic rings. The van der Waals surface area contributed by atoms with Gasteiger partial charge < -0.3 is 0 Å². The van der Waals surface area contributed by atoms with Crippen LogP contribution in [0.1, 0.15) is 36.8 Å². The Labute approximate surface area is 144 Å². The van der Waals surface area contributed by atoms with Gasteiger partial charge in [-0.15, -0.1) is 4.48 Å². The van der Waals surface area contributed by atoms with E-state index in [0.717, 1.165) is 31.2 Å². The van der Waals surface area contributed by atoms with E-state index in [4.69, 9.17) is 0 Å². The highest BCUT2D eigenvalue weighted by atomic mass is 32.2. The minimum atomic E-state index is -4.02. The highest BCUT2D eigenvalue weighted by molar-refractivity contribution is 7.89. The Morgan fingerprint density at radius 2 is 1.50 bits per heavy atom. The molecule has 0 fully saturated rings. The maximum atomic E-state index is 14.0. The summed E-state index contributed by atoms with van der Waals surface area (Å²) in [6, 6.07) is 16.4. The second-order valence-corrected chi connectivity index (χ2v) is 7.80. The molecule has 0 radical (unpaired) electrons. The van der Waals surface area contributed by atoms with Gasteiger partial charge in [-0.05, 0) is 48.4 Å². The Balaban J connectivity index is 1.70. The molecule has 0 atom stereocenters. The third-order valence-corrected chi connectivity index (χ3v) is 5.54. The Kier molecular flexibility index (Phi) is 6.94. The summed E-state index contributed by atoms with van der Waals surface area (Å²) in [5, 5.41) is 0. The average Bonchev–Trinajstić information content (AvgIpc) is 2.59. The summed E-state index contributed by atoms with van der Waals surface area (Å²) in [5.41, 5.74) is 2.24. The van der Waals surface area contributed by atoms with Crippen molar-refractivity contribution >= 4 is 10.0 Å². The number of rotatable bonds is 9. The number of benzene rings is 2. The van der Waals surface area contributed by atoms with Crippen LogP contribution in [0, 0.1) is 6.92 Å². The third-order valence-electron chi connectivity index (χ3n) is 3.97. The van der Waals surface area contributed by atoms with Gasteiger partial charge in [-0.1, -0.05) is 60.9 Å². The van der Waals surface area contributed by atoms with Crippen molar-refractivity contribution in [1.29, 1.82) is 0 Å². The molecular weight excluding hydrogens is 325 g/mol. The molecular formula is C19H24FNO2S. The van der Waals surface area contributed by atoms with E-state index in [0.29, 0.717) is 6.42 Å². The molecule has 2 aromatic rings. The monoisotopic (exact) mass is 349 g/mol. The second kappa shape index (κ2) is 8.94. The van der Waals surface area contributed by atoms with Crippen LogP contribution in [0.4, 0.5) is 4.48 Å². The van der Waals surface area contributed by atoms with Gasteiger partial charge in [0.15, 0.2) is 0 Å². The van der Waals surface area contributed by atoms with Crippen molar-refractivity contribution in [2.24, 2.45) is 0 Å². The molecule has 5 heteroatoms. The van der Waals surface area contributed by atoms with Crippen LogP contribution in [-0.2, 0) is 16.4 Å². The van der Waals surface area contributed by atoms with Gasteiger partial charge in [0.1, 0.15) is 0 Å². The van der Waals surface area contributed by atoms with Crippen LogP contribution in [0.2, 0.25) is 0 Å². The van der Waals surface area contributed by atoms with E-state index in [1.54, 1.807) is 12.1 Å². The van der Waals surface area contributed by atoms with Crippen LogP contribution in [0.3, 0.4) is 0 Å². The molecule has 0 saturated heterocycles. The van der Waals surface area contributed by atoms with Crippen LogP contribution in [-0.4, -0.2) is 19.5 Å². The van der Waals surface area contributed by atoms with Gasteiger partial charge in [0, 0.05) is 6.54 Å². The molecule has 24 heavy (non-hydrogen) atoms. The largest absolute Gasteiger partial charge is 0.269 e. The summed E-state index contributed by atoms with van der Waals surface area (Å²) in [6.45, 7) is 1.76. The molecule has 0 aromatic heterocycles. The molecule has 0 aliphatic carbocycles. The number of aryl methyl sites for hydroxylation is 2. The Morgan fingerprint density at radius 3 is 2.17 bits per heavy atom. The molecule has 0 bridgehead atoms. The first-order chi connectivity index (χ1) is 11.5. The summed E-state index contributed by atoms with van der Waals surface area (Å²) in [5.74, 6) is 0. The smallest absolute Gasteiger partial charge is 0.205 e. The number of unbranched alkanes of at least 4 members (excludes halogenated alkanes) is 3. The summed E-state index contributed by atoms with van der Waals surface area (Å²) in [7, 11) is -4.02. The highest BCUT2D eigenvalue weighted by Crippen LogP contribution is 2.18. The molecule has 0 heterocycles. The van der Waals surface area contributed by atoms with Crippen molar-refractivity contribution in [3.8, 4) is 0 Å². The van der Waals surface area contributed by atoms with Crippen molar-refractivity contribution in [2.75, 3.05) is 6.54 Å². The van der Waals surface area contributed by atoms with E-state index in [-0.39, 0.29) is 16.0 Å². The van der Waals surface area contributed by atoms with Crippen molar-refractivity contribution in [3.63, 3.8) is 0 Å². The molecule has 0 spiro atoms. The number of hydrogen-bond donors (Lipinski definition) is 0. The van der Waals surface area contributed by atoms with Crippen LogP contribution in [0.5, 0.6) is 0 Å². The lowest BCUT2D eigenvalue weighted by Crippen LogP contribution is -2.24. The molecule has 130 valence electrons. The van der Waals surface area contributed by atoms with Gasteiger partial charge in [0.05, 0.1) is 4.90 Å². The minimum Gasteiger partial charge on any atom is -0.205 e. The van der Waals surface area contributed by atoms with E-state index in [1.165, 1.54) is 17.7 Å². The first-order valence-corrected chi connectivity index (χ1v) is 9.73. The van der Waals surface area contributed by atoms with Gasteiger partial charge in [-0.25, -0.2) is 8.42 Å². The van der Waals surface area contributed by atoms with Gasteiger partial charge in [-0.3, -0.25) is 0 Å². The standard InChI is InChI=1S/C19H24FNO2S/c1-17-12-14-19(15-13-17)24(22,23)21(20)16-8-3-2-5-9-18-10-6-4-7-11-18/h4,6-7,10-15H,2-3,5,8-9,16H2,1H3. The molecule has 2 aromatic carbocycles. The first kappa shape index (κ1) is 18.6. The van der Waals surface area contributed by atoms with Crippen LogP contribution < -0.4 is 0 Å². The quantitative estimate of drug-likeness (QED) is 0.487. The first-order valence-electron chi connectivity index (χ1n) is 8.29. The van der Waals surface area contributed by atoms with Crippen molar-refractivity contribution in [1.82, 2.24) is 4.53 Å². The Hall–Kier alpha value is -1.72. The fourth-order valence-electron chi connectivity index (χ4n) is 2.51. The van der Waals surface area contributed by atoms with Gasteiger partial charge >= 0.3 is 0 Å². The predicted octanol–water partition coefficient (Wildman–Crippen LogP) is 4.67. The molecule has 0 saturated carbocycles. The van der Waals surface area contributed by atoms with Crippen molar-refractivity contribution in [2.45, 2.75) is 43.9 Å². The number of halogens is 1. The highest BCUT2D eigenvalue weighted by Gasteiger charge is 2.23. The number of sulfonamides is 1. The zero-order chi connectivity index (χ0) is 17.4. The molecule has 0 N–H and O–H groups in total. The summed E-state index contributed by atoms with van der Waals surface area (Å²) >= 11 is 0. The Bertz CT molecular complexity index is 715. The maximum Gasteiger partial charge on any atom is 0.269 e. The fourth-order valence-corrected chi connectivity index (χ4v) is 3.59. The summed E-state index contributed by atoms with van der Waals surface area (Å²) < 4.78 is 38.2. The number of nitrogens with zero attached hydrogens (tertiary/aromatic N) is 1. The van der Waals surface area contributed by atoms with Crippen molar-refractivity contribution < 1.29 is 12.9 Å². The lowest BCUT2D eigenvalue weighted by molar-refractivity contribution is 0.136. The van der Waals surface area contributed by atoms with Crippen LogP contribution >= 0.6 is 0 Å². The summed E-state index contributed by atoms with van der Waals surface area (Å²) in [6.07, 6.45) is 4.34. The van der Waals surface area contributed by atoms with Gasteiger partial charge in [-0.2, -0.15) is 0 Å². The normalized spacial score (nSPS) is 11.8. The van der Waals surface area contributed by atoms with E-state index in [1.807, 2.05) is 25.1 Å². The summed E-state index contributed by atoms with van der Waals surface area (Å²) in [4.78, 5) is -0.000299. The molecule has 0 aliphatic heterocycles. The topological polar surface area (TPSA) is 37.4 Å². The zero-order valence-corrected chi connectivity index (χ0v) is 14.8. The van der Waals surface area contributed by atoms with Crippen LogP contribution in [0.25, 0.3) is 0 Å². The Morgan fingerprint density at radius 1 is 0.875 bits per heavy atom. The molecule has 3 nitrogen and oxygen atoms in total. The van der Waals surface area contributed by atoms with Crippen LogP contribution in [0.15, 0.2) is 59.5 Å². The fraction of sp³-hybridized carbons (Fsp3) is 0.368. The third kappa shape index (κ3) is 5.42. The predicted molar refractivity (Wildman–Crippen MR) is 94.8 cm³/mol. The molecule has 0 amide bonds. The van der Waals surface area contributed by atoms with E-state index >= 15 is 0 Å². The van der Waals surface area contributed by atoms with Gasteiger partial charge in [0.2, 0.25) is 0 Å².